The first-order chi connectivity index (χ1) is 14.2. The monoisotopic (exact) mass is 415 g/mol. The summed E-state index contributed by atoms with van der Waals surface area (Å²) in [6.07, 6.45) is 0. The van der Waals surface area contributed by atoms with E-state index in [0.717, 1.165) is 12.1 Å². The minimum absolute atomic E-state index is 0.0274. The molecule has 0 aliphatic carbocycles. The van der Waals surface area contributed by atoms with Crippen molar-refractivity contribution in [2.75, 3.05) is 5.32 Å². The average molecular weight is 415 g/mol. The van der Waals surface area contributed by atoms with Crippen LogP contribution in [0.5, 0.6) is 5.75 Å². The molecule has 2 aromatic carbocycles. The van der Waals surface area contributed by atoms with Crippen molar-refractivity contribution in [1.82, 2.24) is 0 Å². The van der Waals surface area contributed by atoms with Gasteiger partial charge < -0.3 is 14.5 Å². The number of nitro benzene ring substituents is 2. The maximum absolute atomic E-state index is 12.9. The SMILES string of the molecule is Cc1c([N+](=O)[O-])cc(NC(=O)c2ccc(COc3ccc(F)cc3)o2)cc1[N+](=O)[O-]. The van der Waals surface area contributed by atoms with Gasteiger partial charge in [-0.15, -0.1) is 0 Å². The number of nitro groups is 2. The third-order valence-electron chi connectivity index (χ3n) is 4.08. The number of carbonyl (C=O) groups is 1. The van der Waals surface area contributed by atoms with Crippen LogP contribution in [-0.2, 0) is 6.61 Å². The number of carbonyl (C=O) groups excluding carboxylic acids is 1. The molecule has 0 bridgehead atoms. The first kappa shape index (κ1) is 20.5. The molecule has 0 spiro atoms. The van der Waals surface area contributed by atoms with E-state index in [0.29, 0.717) is 11.5 Å². The minimum atomic E-state index is -0.768. The van der Waals surface area contributed by atoms with E-state index in [2.05, 4.69) is 5.32 Å². The van der Waals surface area contributed by atoms with Crippen molar-refractivity contribution in [1.29, 1.82) is 0 Å². The zero-order chi connectivity index (χ0) is 21.8. The zero-order valence-corrected chi connectivity index (χ0v) is 15.5. The van der Waals surface area contributed by atoms with Gasteiger partial charge in [-0.25, -0.2) is 4.39 Å². The smallest absolute Gasteiger partial charge is 0.291 e. The van der Waals surface area contributed by atoms with Gasteiger partial charge in [-0.2, -0.15) is 0 Å². The number of halogens is 1. The highest BCUT2D eigenvalue weighted by Crippen LogP contribution is 2.32. The van der Waals surface area contributed by atoms with Crippen molar-refractivity contribution in [2.45, 2.75) is 13.5 Å². The molecule has 11 heteroatoms. The third kappa shape index (κ3) is 4.58. The number of furan rings is 1. The van der Waals surface area contributed by atoms with Crippen LogP contribution in [0.2, 0.25) is 0 Å². The maximum Gasteiger partial charge on any atom is 0.291 e. The van der Waals surface area contributed by atoms with Gasteiger partial charge in [-0.05, 0) is 43.3 Å². The highest BCUT2D eigenvalue weighted by Gasteiger charge is 2.24. The Morgan fingerprint density at radius 2 is 1.67 bits per heavy atom. The summed E-state index contributed by atoms with van der Waals surface area (Å²) in [6, 6.07) is 10.2. The largest absolute Gasteiger partial charge is 0.486 e. The molecule has 0 radical (unpaired) electrons. The van der Waals surface area contributed by atoms with E-state index >= 15 is 0 Å². The van der Waals surface area contributed by atoms with Crippen LogP contribution in [0.15, 0.2) is 52.9 Å². The molecule has 0 aliphatic heterocycles. The molecule has 0 saturated carbocycles. The molecule has 1 amide bonds. The van der Waals surface area contributed by atoms with E-state index in [1.165, 1.54) is 43.3 Å². The fraction of sp³-hybridized carbons (Fsp3) is 0.105. The molecule has 0 saturated heterocycles. The van der Waals surface area contributed by atoms with E-state index in [1.807, 2.05) is 0 Å². The van der Waals surface area contributed by atoms with Crippen LogP contribution in [0.3, 0.4) is 0 Å². The van der Waals surface area contributed by atoms with Crippen LogP contribution in [0, 0.1) is 33.0 Å². The molecule has 0 fully saturated rings. The lowest BCUT2D eigenvalue weighted by molar-refractivity contribution is -0.395. The van der Waals surface area contributed by atoms with Crippen LogP contribution < -0.4 is 10.1 Å². The normalized spacial score (nSPS) is 10.5. The Kier molecular flexibility index (Phi) is 5.72. The Morgan fingerprint density at radius 3 is 2.23 bits per heavy atom. The molecule has 0 unspecified atom stereocenters. The Labute approximate surface area is 168 Å². The number of nitrogens with one attached hydrogen (secondary N) is 1. The standard InChI is InChI=1S/C19H14FN3O7/c1-11-16(22(25)26)8-13(9-17(11)23(27)28)21-19(24)18-7-6-15(30-18)10-29-14-4-2-12(20)3-5-14/h2-9H,10H2,1H3,(H,21,24). The highest BCUT2D eigenvalue weighted by molar-refractivity contribution is 6.02. The molecule has 30 heavy (non-hydrogen) atoms. The van der Waals surface area contributed by atoms with Gasteiger partial charge in [0.15, 0.2) is 5.76 Å². The molecule has 1 N–H and O–H groups in total. The molecular weight excluding hydrogens is 401 g/mol. The van der Waals surface area contributed by atoms with Gasteiger partial charge in [0.05, 0.1) is 15.5 Å². The van der Waals surface area contributed by atoms with E-state index in [-0.39, 0.29) is 23.6 Å². The van der Waals surface area contributed by atoms with Crippen LogP contribution in [0.1, 0.15) is 21.9 Å². The second-order valence-electron chi connectivity index (χ2n) is 6.12. The van der Waals surface area contributed by atoms with Crippen molar-refractivity contribution < 1.29 is 28.2 Å². The van der Waals surface area contributed by atoms with Gasteiger partial charge in [0, 0.05) is 12.1 Å². The topological polar surface area (TPSA) is 138 Å². The number of benzene rings is 2. The van der Waals surface area contributed by atoms with Crippen molar-refractivity contribution in [2.24, 2.45) is 0 Å². The minimum Gasteiger partial charge on any atom is -0.486 e. The highest BCUT2D eigenvalue weighted by atomic mass is 19.1. The first-order valence-electron chi connectivity index (χ1n) is 8.46. The van der Waals surface area contributed by atoms with E-state index in [9.17, 15) is 29.4 Å². The summed E-state index contributed by atoms with van der Waals surface area (Å²) in [6.45, 7) is 1.22. The van der Waals surface area contributed by atoms with Gasteiger partial charge in [0.1, 0.15) is 29.5 Å². The number of ether oxygens (including phenoxy) is 1. The van der Waals surface area contributed by atoms with Crippen molar-refractivity contribution in [3.8, 4) is 5.75 Å². The first-order valence-corrected chi connectivity index (χ1v) is 8.46. The van der Waals surface area contributed by atoms with Gasteiger partial charge in [-0.3, -0.25) is 25.0 Å². The van der Waals surface area contributed by atoms with Crippen molar-refractivity contribution in [3.63, 3.8) is 0 Å². The predicted octanol–water partition coefficient (Wildman–Crippen LogP) is 4.37. The summed E-state index contributed by atoms with van der Waals surface area (Å²) >= 11 is 0. The third-order valence-corrected chi connectivity index (χ3v) is 4.08. The molecule has 154 valence electrons. The molecule has 3 aromatic rings. The van der Waals surface area contributed by atoms with Crippen LogP contribution in [0.4, 0.5) is 21.5 Å². The summed E-state index contributed by atoms with van der Waals surface area (Å²) in [5.74, 6) is -0.589. The van der Waals surface area contributed by atoms with E-state index in [4.69, 9.17) is 9.15 Å². The summed E-state index contributed by atoms with van der Waals surface area (Å²) in [5, 5.41) is 24.6. The fourth-order valence-corrected chi connectivity index (χ4v) is 2.59. The Bertz CT molecular complexity index is 1090. The van der Waals surface area contributed by atoms with Crippen molar-refractivity contribution in [3.05, 3.63) is 91.7 Å². The lowest BCUT2D eigenvalue weighted by atomic mass is 10.1. The predicted molar refractivity (Wildman–Crippen MR) is 102 cm³/mol. The average Bonchev–Trinajstić information content (AvgIpc) is 3.17. The summed E-state index contributed by atoms with van der Waals surface area (Å²) in [7, 11) is 0. The molecule has 0 aliphatic rings. The number of rotatable bonds is 7. The number of nitrogens with zero attached hydrogens (tertiary/aromatic N) is 2. The molecule has 0 atom stereocenters. The zero-order valence-electron chi connectivity index (χ0n) is 15.5. The quantitative estimate of drug-likeness (QED) is 0.446. The number of anilines is 1. The molecule has 3 rings (SSSR count). The summed E-state index contributed by atoms with van der Waals surface area (Å²) < 4.78 is 23.7. The lowest BCUT2D eigenvalue weighted by Gasteiger charge is -2.06. The van der Waals surface area contributed by atoms with Crippen LogP contribution in [-0.4, -0.2) is 15.8 Å². The number of hydrogen-bond donors (Lipinski definition) is 1. The van der Waals surface area contributed by atoms with Gasteiger partial charge >= 0.3 is 0 Å². The van der Waals surface area contributed by atoms with Crippen LogP contribution in [0.25, 0.3) is 0 Å². The van der Waals surface area contributed by atoms with E-state index in [1.54, 1.807) is 0 Å². The second-order valence-corrected chi connectivity index (χ2v) is 6.12. The van der Waals surface area contributed by atoms with Gasteiger partial charge in [-0.1, -0.05) is 0 Å². The molecular formula is C19H14FN3O7. The summed E-state index contributed by atoms with van der Waals surface area (Å²) in [4.78, 5) is 33.1. The van der Waals surface area contributed by atoms with E-state index < -0.39 is 32.9 Å². The number of amides is 1. The van der Waals surface area contributed by atoms with Crippen LogP contribution >= 0.6 is 0 Å². The van der Waals surface area contributed by atoms with Gasteiger partial charge in [0.25, 0.3) is 17.3 Å². The summed E-state index contributed by atoms with van der Waals surface area (Å²) in [5.41, 5.74) is -1.23. The Balaban J connectivity index is 1.73. The molecule has 1 aromatic heterocycles. The molecule has 10 nitrogen and oxygen atoms in total. The fourth-order valence-electron chi connectivity index (χ4n) is 2.59. The Hall–Kier alpha value is -4.28. The maximum atomic E-state index is 12.9. The number of hydrogen-bond acceptors (Lipinski definition) is 7. The lowest BCUT2D eigenvalue weighted by Crippen LogP contribution is -2.12. The van der Waals surface area contributed by atoms with Gasteiger partial charge in [0.2, 0.25) is 0 Å². The van der Waals surface area contributed by atoms with Crippen molar-refractivity contribution >= 4 is 23.0 Å². The second kappa shape index (κ2) is 8.39. The molecule has 1 heterocycles. The Morgan fingerprint density at radius 1 is 1.07 bits per heavy atom.